The maximum Gasteiger partial charge on any atom is 0.227 e. The highest BCUT2D eigenvalue weighted by Crippen LogP contribution is 2.22. The number of rotatable bonds is 4. The van der Waals surface area contributed by atoms with Crippen LogP contribution in [0.1, 0.15) is 22.7 Å². The van der Waals surface area contributed by atoms with Crippen LogP contribution in [0.3, 0.4) is 0 Å². The van der Waals surface area contributed by atoms with Crippen LogP contribution in [0.4, 0.5) is 0 Å². The summed E-state index contributed by atoms with van der Waals surface area (Å²) in [6, 6.07) is 17.6. The van der Waals surface area contributed by atoms with E-state index in [4.69, 9.17) is 11.6 Å². The molecule has 1 atom stereocenters. The van der Waals surface area contributed by atoms with Crippen molar-refractivity contribution in [2.45, 2.75) is 19.4 Å². The molecule has 5 heteroatoms. The molecule has 1 fully saturated rings. The van der Waals surface area contributed by atoms with Gasteiger partial charge in [0, 0.05) is 31.2 Å². The number of hydrogen-bond donors (Lipinski definition) is 0. The van der Waals surface area contributed by atoms with Crippen LogP contribution < -0.4 is 0 Å². The molecule has 1 saturated heterocycles. The second-order valence-electron chi connectivity index (χ2n) is 6.66. The van der Waals surface area contributed by atoms with E-state index in [1.165, 1.54) is 5.56 Å². The van der Waals surface area contributed by atoms with Gasteiger partial charge in [0.05, 0.1) is 12.5 Å². The van der Waals surface area contributed by atoms with Crippen molar-refractivity contribution in [2.75, 3.05) is 26.2 Å². The van der Waals surface area contributed by atoms with Crippen LogP contribution in [0.25, 0.3) is 0 Å². The summed E-state index contributed by atoms with van der Waals surface area (Å²) in [6.07, 6.45) is 0.386. The molecule has 0 aromatic heterocycles. The minimum atomic E-state index is -0.260. The second kappa shape index (κ2) is 8.35. The quantitative estimate of drug-likeness (QED) is 0.829. The molecule has 2 aromatic rings. The highest BCUT2D eigenvalue weighted by Gasteiger charge is 2.26. The summed E-state index contributed by atoms with van der Waals surface area (Å²) in [6.45, 7) is 4.75. The standard InChI is InChI=1S/C21H22ClN3O/c1-16-2-6-18(7-3-16)20(15-23)24-10-12-25(13-11-24)21(26)14-17-4-8-19(22)9-5-17/h2-9,20H,10-14H2,1H3. The molecule has 3 rings (SSSR count). The second-order valence-corrected chi connectivity index (χ2v) is 7.10. The van der Waals surface area contributed by atoms with Crippen molar-refractivity contribution in [3.05, 3.63) is 70.2 Å². The Morgan fingerprint density at radius 2 is 1.69 bits per heavy atom. The molecule has 1 unspecified atom stereocenters. The third-order valence-electron chi connectivity index (χ3n) is 4.82. The van der Waals surface area contributed by atoms with E-state index in [0.717, 1.165) is 11.1 Å². The first-order valence-electron chi connectivity index (χ1n) is 8.79. The zero-order valence-electron chi connectivity index (χ0n) is 14.9. The fourth-order valence-electron chi connectivity index (χ4n) is 3.23. The number of piperazine rings is 1. The van der Waals surface area contributed by atoms with Crippen molar-refractivity contribution in [1.29, 1.82) is 5.26 Å². The largest absolute Gasteiger partial charge is 0.340 e. The first kappa shape index (κ1) is 18.4. The monoisotopic (exact) mass is 367 g/mol. The zero-order chi connectivity index (χ0) is 18.5. The van der Waals surface area contributed by atoms with Crippen LogP contribution in [0.15, 0.2) is 48.5 Å². The van der Waals surface area contributed by atoms with Gasteiger partial charge in [-0.15, -0.1) is 0 Å². The third-order valence-corrected chi connectivity index (χ3v) is 5.07. The van der Waals surface area contributed by atoms with Crippen molar-refractivity contribution < 1.29 is 4.79 Å². The van der Waals surface area contributed by atoms with Crippen molar-refractivity contribution in [3.8, 4) is 6.07 Å². The predicted molar refractivity (Wildman–Crippen MR) is 103 cm³/mol. The lowest BCUT2D eigenvalue weighted by atomic mass is 10.0. The molecule has 0 N–H and O–H groups in total. The molecule has 1 aliphatic rings. The number of nitrogens with zero attached hydrogens (tertiary/aromatic N) is 3. The maximum atomic E-state index is 12.5. The van der Waals surface area contributed by atoms with Gasteiger partial charge in [0.25, 0.3) is 0 Å². The number of benzene rings is 2. The van der Waals surface area contributed by atoms with Crippen LogP contribution in [0, 0.1) is 18.3 Å². The van der Waals surface area contributed by atoms with Gasteiger partial charge in [-0.25, -0.2) is 0 Å². The number of amides is 1. The molecule has 1 heterocycles. The average Bonchev–Trinajstić information content (AvgIpc) is 2.66. The van der Waals surface area contributed by atoms with Crippen LogP contribution >= 0.6 is 11.6 Å². The van der Waals surface area contributed by atoms with E-state index in [2.05, 4.69) is 11.0 Å². The Morgan fingerprint density at radius 3 is 2.27 bits per heavy atom. The first-order chi connectivity index (χ1) is 12.6. The van der Waals surface area contributed by atoms with Gasteiger partial charge in [0.15, 0.2) is 0 Å². The lowest BCUT2D eigenvalue weighted by Gasteiger charge is -2.37. The molecule has 26 heavy (non-hydrogen) atoms. The van der Waals surface area contributed by atoms with E-state index in [1.807, 2.05) is 48.2 Å². The topological polar surface area (TPSA) is 47.3 Å². The first-order valence-corrected chi connectivity index (χ1v) is 9.17. The number of carbonyl (C=O) groups excluding carboxylic acids is 1. The Bertz CT molecular complexity index is 788. The summed E-state index contributed by atoms with van der Waals surface area (Å²) in [5, 5.41) is 10.3. The number of halogens is 1. The maximum absolute atomic E-state index is 12.5. The lowest BCUT2D eigenvalue weighted by Crippen LogP contribution is -2.49. The summed E-state index contributed by atoms with van der Waals surface area (Å²) in [5.41, 5.74) is 3.17. The van der Waals surface area contributed by atoms with E-state index < -0.39 is 0 Å². The summed E-state index contributed by atoms with van der Waals surface area (Å²) in [4.78, 5) is 16.5. The van der Waals surface area contributed by atoms with E-state index in [-0.39, 0.29) is 11.9 Å². The van der Waals surface area contributed by atoms with Crippen molar-refractivity contribution in [2.24, 2.45) is 0 Å². The third kappa shape index (κ3) is 4.43. The molecule has 0 aliphatic carbocycles. The minimum absolute atomic E-state index is 0.121. The molecule has 0 saturated carbocycles. The Kier molecular flexibility index (Phi) is 5.92. The fourth-order valence-corrected chi connectivity index (χ4v) is 3.36. The average molecular weight is 368 g/mol. The van der Waals surface area contributed by atoms with Crippen LogP contribution in [-0.2, 0) is 11.2 Å². The number of nitriles is 1. The highest BCUT2D eigenvalue weighted by atomic mass is 35.5. The summed E-state index contributed by atoms with van der Waals surface area (Å²) in [5.74, 6) is 0.121. The fraction of sp³-hybridized carbons (Fsp3) is 0.333. The summed E-state index contributed by atoms with van der Waals surface area (Å²) >= 11 is 5.89. The van der Waals surface area contributed by atoms with E-state index in [1.54, 1.807) is 12.1 Å². The van der Waals surface area contributed by atoms with Gasteiger partial charge < -0.3 is 4.90 Å². The van der Waals surface area contributed by atoms with E-state index in [0.29, 0.717) is 37.6 Å². The molecule has 4 nitrogen and oxygen atoms in total. The van der Waals surface area contributed by atoms with Gasteiger partial charge in [-0.05, 0) is 30.2 Å². The van der Waals surface area contributed by atoms with Gasteiger partial charge in [0.2, 0.25) is 5.91 Å². The smallest absolute Gasteiger partial charge is 0.227 e. The highest BCUT2D eigenvalue weighted by molar-refractivity contribution is 6.30. The molecule has 0 spiro atoms. The molecular formula is C21H22ClN3O. The molecule has 134 valence electrons. The van der Waals surface area contributed by atoms with Crippen LogP contribution in [-0.4, -0.2) is 41.9 Å². The predicted octanol–water partition coefficient (Wildman–Crippen LogP) is 3.60. The summed E-state index contributed by atoms with van der Waals surface area (Å²) in [7, 11) is 0. The number of aryl methyl sites for hydroxylation is 1. The minimum Gasteiger partial charge on any atom is -0.340 e. The van der Waals surface area contributed by atoms with Gasteiger partial charge in [0.1, 0.15) is 6.04 Å². The van der Waals surface area contributed by atoms with E-state index >= 15 is 0 Å². The normalized spacial score (nSPS) is 16.1. The number of hydrogen-bond acceptors (Lipinski definition) is 3. The lowest BCUT2D eigenvalue weighted by molar-refractivity contribution is -0.132. The molecule has 1 aliphatic heterocycles. The number of carbonyl (C=O) groups is 1. The SMILES string of the molecule is Cc1ccc(C(C#N)N2CCN(C(=O)Cc3ccc(Cl)cc3)CC2)cc1. The molecule has 2 aromatic carbocycles. The van der Waals surface area contributed by atoms with Gasteiger partial charge >= 0.3 is 0 Å². The molecule has 1 amide bonds. The van der Waals surface area contributed by atoms with Crippen molar-refractivity contribution >= 4 is 17.5 Å². The van der Waals surface area contributed by atoms with Crippen molar-refractivity contribution in [1.82, 2.24) is 9.80 Å². The molecule has 0 radical (unpaired) electrons. The van der Waals surface area contributed by atoms with Crippen molar-refractivity contribution in [3.63, 3.8) is 0 Å². The van der Waals surface area contributed by atoms with Gasteiger partial charge in [-0.2, -0.15) is 5.26 Å². The van der Waals surface area contributed by atoms with Crippen LogP contribution in [0.2, 0.25) is 5.02 Å². The molecular weight excluding hydrogens is 346 g/mol. The van der Waals surface area contributed by atoms with Crippen LogP contribution in [0.5, 0.6) is 0 Å². The van der Waals surface area contributed by atoms with E-state index in [9.17, 15) is 10.1 Å². The summed E-state index contributed by atoms with van der Waals surface area (Å²) < 4.78 is 0. The Hall–Kier alpha value is -2.35. The van der Waals surface area contributed by atoms with Gasteiger partial charge in [-0.3, -0.25) is 9.69 Å². The van der Waals surface area contributed by atoms with Gasteiger partial charge in [-0.1, -0.05) is 53.6 Å². The molecule has 0 bridgehead atoms. The zero-order valence-corrected chi connectivity index (χ0v) is 15.6. The Morgan fingerprint density at radius 1 is 1.08 bits per heavy atom. The Balaban J connectivity index is 1.57. The Labute approximate surface area is 159 Å².